The van der Waals surface area contributed by atoms with E-state index in [1.807, 2.05) is 6.20 Å². The number of fused-ring (bicyclic) bond motifs is 6. The minimum absolute atomic E-state index is 0.0699. The standard InChI is InChI=1S/C39H30N2/c1-39(2,3)30-18-19-40-35(24-30)28-15-17-37-32(21-28)34-23-29(26-12-8-5-9-13-26)22-33-31-20-27(25-10-6-4-7-11-25)14-16-36(31)41(37)38(33)34/h4-24H,1-3H3. The van der Waals surface area contributed by atoms with Crippen molar-refractivity contribution in [2.24, 2.45) is 0 Å². The molecule has 41 heavy (non-hydrogen) atoms. The number of hydrogen-bond donors (Lipinski definition) is 0. The Morgan fingerprint density at radius 1 is 0.488 bits per heavy atom. The molecular weight excluding hydrogens is 496 g/mol. The summed E-state index contributed by atoms with van der Waals surface area (Å²) in [7, 11) is 0. The maximum absolute atomic E-state index is 4.78. The van der Waals surface area contributed by atoms with Crippen LogP contribution in [-0.4, -0.2) is 9.38 Å². The van der Waals surface area contributed by atoms with Crippen LogP contribution in [-0.2, 0) is 5.41 Å². The van der Waals surface area contributed by atoms with Crippen molar-refractivity contribution in [2.45, 2.75) is 26.2 Å². The van der Waals surface area contributed by atoms with E-state index in [1.165, 1.54) is 65.9 Å². The van der Waals surface area contributed by atoms with Crippen LogP contribution in [0.2, 0.25) is 0 Å². The Balaban J connectivity index is 1.44. The largest absolute Gasteiger partial charge is 0.308 e. The summed E-state index contributed by atoms with van der Waals surface area (Å²) >= 11 is 0. The predicted octanol–water partition coefficient (Wildman–Crippen LogP) is 10.5. The fourth-order valence-electron chi connectivity index (χ4n) is 6.37. The number of aromatic nitrogens is 2. The third kappa shape index (κ3) is 3.75. The van der Waals surface area contributed by atoms with Crippen LogP contribution in [0.4, 0.5) is 0 Å². The van der Waals surface area contributed by atoms with Crippen molar-refractivity contribution < 1.29 is 0 Å². The van der Waals surface area contributed by atoms with E-state index in [-0.39, 0.29) is 5.41 Å². The Morgan fingerprint density at radius 2 is 1.02 bits per heavy atom. The maximum atomic E-state index is 4.78. The molecule has 0 unspecified atom stereocenters. The van der Waals surface area contributed by atoms with Gasteiger partial charge in [0.05, 0.1) is 22.2 Å². The summed E-state index contributed by atoms with van der Waals surface area (Å²) in [6.45, 7) is 6.76. The van der Waals surface area contributed by atoms with Gasteiger partial charge >= 0.3 is 0 Å². The molecule has 2 nitrogen and oxygen atoms in total. The zero-order valence-corrected chi connectivity index (χ0v) is 23.5. The van der Waals surface area contributed by atoms with Gasteiger partial charge in [-0.15, -0.1) is 0 Å². The zero-order valence-electron chi connectivity index (χ0n) is 23.5. The average molecular weight is 527 g/mol. The van der Waals surface area contributed by atoms with Crippen molar-refractivity contribution in [3.63, 3.8) is 0 Å². The number of hydrogen-bond acceptors (Lipinski definition) is 1. The van der Waals surface area contributed by atoms with Crippen LogP contribution in [0.3, 0.4) is 0 Å². The highest BCUT2D eigenvalue weighted by Gasteiger charge is 2.21. The Kier molecular flexibility index (Phi) is 5.11. The molecule has 2 heteroatoms. The second-order valence-corrected chi connectivity index (χ2v) is 12.1. The van der Waals surface area contributed by atoms with Crippen molar-refractivity contribution in [3.8, 4) is 33.5 Å². The van der Waals surface area contributed by atoms with Gasteiger partial charge in [0.25, 0.3) is 0 Å². The van der Waals surface area contributed by atoms with Gasteiger partial charge in [-0.2, -0.15) is 0 Å². The summed E-state index contributed by atoms with van der Waals surface area (Å²) in [4.78, 5) is 4.78. The molecule has 8 aromatic rings. The SMILES string of the molecule is CC(C)(C)c1ccnc(-c2ccc3c(c2)c2cc(-c4ccccc4)cc4c5cc(-c6ccccc6)ccc5n3c42)c1. The van der Waals surface area contributed by atoms with E-state index < -0.39 is 0 Å². The van der Waals surface area contributed by atoms with E-state index in [4.69, 9.17) is 4.98 Å². The van der Waals surface area contributed by atoms with Gasteiger partial charge in [0.15, 0.2) is 0 Å². The average Bonchev–Trinajstić information content (AvgIpc) is 3.52. The summed E-state index contributed by atoms with van der Waals surface area (Å²) in [5.74, 6) is 0. The zero-order chi connectivity index (χ0) is 27.7. The van der Waals surface area contributed by atoms with Crippen LogP contribution in [0.5, 0.6) is 0 Å². The number of pyridine rings is 1. The van der Waals surface area contributed by atoms with E-state index in [0.29, 0.717) is 0 Å². The lowest BCUT2D eigenvalue weighted by Gasteiger charge is -2.19. The molecule has 8 rings (SSSR count). The summed E-state index contributed by atoms with van der Waals surface area (Å²) < 4.78 is 2.46. The van der Waals surface area contributed by atoms with Crippen molar-refractivity contribution in [2.75, 3.05) is 0 Å². The Bertz CT molecular complexity index is 2220. The molecule has 0 aliphatic heterocycles. The highest BCUT2D eigenvalue weighted by molar-refractivity contribution is 6.25. The lowest BCUT2D eigenvalue weighted by molar-refractivity contribution is 0.589. The lowest BCUT2D eigenvalue weighted by atomic mass is 9.87. The molecule has 0 saturated carbocycles. The van der Waals surface area contributed by atoms with E-state index in [1.54, 1.807) is 0 Å². The molecule has 0 saturated heterocycles. The fraction of sp³-hybridized carbons (Fsp3) is 0.103. The minimum Gasteiger partial charge on any atom is -0.308 e. The first-order chi connectivity index (χ1) is 20.0. The van der Waals surface area contributed by atoms with Gasteiger partial charge in [0.2, 0.25) is 0 Å². The molecule has 0 amide bonds. The summed E-state index contributed by atoms with van der Waals surface area (Å²) in [5, 5.41) is 5.12. The molecule has 0 spiro atoms. The molecule has 0 N–H and O–H groups in total. The van der Waals surface area contributed by atoms with Crippen LogP contribution in [0, 0.1) is 0 Å². The molecule has 0 aliphatic carbocycles. The van der Waals surface area contributed by atoms with Crippen molar-refractivity contribution in [1.82, 2.24) is 9.38 Å². The van der Waals surface area contributed by atoms with Crippen molar-refractivity contribution >= 4 is 38.1 Å². The molecule has 0 fully saturated rings. The molecule has 0 atom stereocenters. The Hall–Kier alpha value is -4.95. The molecule has 5 aromatic carbocycles. The van der Waals surface area contributed by atoms with Crippen molar-refractivity contribution in [1.29, 1.82) is 0 Å². The predicted molar refractivity (Wildman–Crippen MR) is 174 cm³/mol. The second kappa shape index (κ2) is 8.78. The minimum atomic E-state index is 0.0699. The van der Waals surface area contributed by atoms with Crippen LogP contribution in [0.25, 0.3) is 71.6 Å². The third-order valence-electron chi connectivity index (χ3n) is 8.52. The highest BCUT2D eigenvalue weighted by Crippen LogP contribution is 2.43. The maximum Gasteiger partial charge on any atom is 0.0705 e. The molecule has 196 valence electrons. The van der Waals surface area contributed by atoms with Crippen molar-refractivity contribution in [3.05, 3.63) is 133 Å². The fourth-order valence-corrected chi connectivity index (χ4v) is 6.37. The van der Waals surface area contributed by atoms with Crippen LogP contribution in [0.15, 0.2) is 128 Å². The van der Waals surface area contributed by atoms with Gasteiger partial charge in [-0.05, 0) is 81.8 Å². The topological polar surface area (TPSA) is 17.3 Å². The van der Waals surface area contributed by atoms with E-state index in [0.717, 1.165) is 11.3 Å². The van der Waals surface area contributed by atoms with E-state index in [9.17, 15) is 0 Å². The van der Waals surface area contributed by atoms with E-state index >= 15 is 0 Å². The quantitative estimate of drug-likeness (QED) is 0.224. The van der Waals surface area contributed by atoms with Gasteiger partial charge in [-0.3, -0.25) is 4.98 Å². The summed E-state index contributed by atoms with van der Waals surface area (Å²) in [6.07, 6.45) is 1.94. The highest BCUT2D eigenvalue weighted by atomic mass is 14.9. The van der Waals surface area contributed by atoms with E-state index in [2.05, 4.69) is 146 Å². The molecule has 0 bridgehead atoms. The lowest BCUT2D eigenvalue weighted by Crippen LogP contribution is -2.11. The Morgan fingerprint density at radius 3 is 1.63 bits per heavy atom. The summed E-state index contributed by atoms with van der Waals surface area (Å²) in [5.41, 5.74) is 12.2. The first kappa shape index (κ1) is 23.9. The monoisotopic (exact) mass is 526 g/mol. The van der Waals surface area contributed by atoms with Gasteiger partial charge in [-0.25, -0.2) is 0 Å². The summed E-state index contributed by atoms with van der Waals surface area (Å²) in [6, 6.07) is 44.3. The van der Waals surface area contributed by atoms with Crippen LogP contribution >= 0.6 is 0 Å². The molecule has 0 aliphatic rings. The second-order valence-electron chi connectivity index (χ2n) is 12.1. The number of rotatable bonds is 3. The smallest absolute Gasteiger partial charge is 0.0705 e. The first-order valence-electron chi connectivity index (χ1n) is 14.3. The van der Waals surface area contributed by atoms with Crippen LogP contribution < -0.4 is 0 Å². The number of nitrogens with zero attached hydrogens (tertiary/aromatic N) is 2. The molecule has 3 aromatic heterocycles. The first-order valence-corrected chi connectivity index (χ1v) is 14.3. The van der Waals surface area contributed by atoms with Gasteiger partial charge in [0.1, 0.15) is 0 Å². The molecule has 3 heterocycles. The normalized spacial score (nSPS) is 12.3. The molecule has 0 radical (unpaired) electrons. The van der Waals surface area contributed by atoms with Gasteiger partial charge in [-0.1, -0.05) is 93.6 Å². The Labute approximate surface area is 239 Å². The number of benzene rings is 5. The van der Waals surface area contributed by atoms with Gasteiger partial charge in [0, 0.05) is 33.3 Å². The van der Waals surface area contributed by atoms with Crippen LogP contribution in [0.1, 0.15) is 26.3 Å². The molecular formula is C39H30N2. The third-order valence-corrected chi connectivity index (χ3v) is 8.52. The van der Waals surface area contributed by atoms with Gasteiger partial charge < -0.3 is 4.40 Å².